The molecule has 0 spiro atoms. The minimum Gasteiger partial charge on any atom is -0.326 e. The van der Waals surface area contributed by atoms with Crippen LogP contribution in [0.1, 0.15) is 19.8 Å². The summed E-state index contributed by atoms with van der Waals surface area (Å²) >= 11 is 0. The van der Waals surface area contributed by atoms with Crippen LogP contribution in [-0.4, -0.2) is 11.8 Å². The smallest absolute Gasteiger partial charge is 0.225 e. The number of nitriles is 1. The molecule has 1 aromatic rings. The Bertz CT molecular complexity index is 446. The number of rotatable bonds is 4. The molecular weight excluding hydrogens is 218 g/mol. The second-order valence-electron chi connectivity index (χ2n) is 3.46. The number of nitrogens with one attached hydrogen (secondary N) is 2. The first kappa shape index (κ1) is 12.7. The summed E-state index contributed by atoms with van der Waals surface area (Å²) in [6, 6.07) is 8.68. The van der Waals surface area contributed by atoms with E-state index in [0.29, 0.717) is 11.4 Å². The standard InChI is InChI=1S/C12H13N3O2/c1-9(16)14-10-4-6-11(7-5-10)15-12(17)3-2-8-13/h4-7H,2-3H2,1H3,(H,14,16)(H,15,17). The van der Waals surface area contributed by atoms with Crippen LogP contribution in [0.25, 0.3) is 0 Å². The monoisotopic (exact) mass is 231 g/mol. The largest absolute Gasteiger partial charge is 0.326 e. The van der Waals surface area contributed by atoms with Gasteiger partial charge in [0.05, 0.1) is 6.07 Å². The van der Waals surface area contributed by atoms with Crippen molar-refractivity contribution in [1.29, 1.82) is 5.26 Å². The topological polar surface area (TPSA) is 82.0 Å². The van der Waals surface area contributed by atoms with Crippen molar-refractivity contribution >= 4 is 23.2 Å². The second kappa shape index (κ2) is 6.28. The number of amides is 2. The highest BCUT2D eigenvalue weighted by Gasteiger charge is 2.02. The molecule has 0 heterocycles. The summed E-state index contributed by atoms with van der Waals surface area (Å²) in [5, 5.41) is 13.6. The van der Waals surface area contributed by atoms with Crippen molar-refractivity contribution < 1.29 is 9.59 Å². The van der Waals surface area contributed by atoms with Crippen LogP contribution in [0.2, 0.25) is 0 Å². The lowest BCUT2D eigenvalue weighted by atomic mass is 10.2. The molecule has 1 rings (SSSR count). The lowest BCUT2D eigenvalue weighted by molar-refractivity contribution is -0.116. The second-order valence-corrected chi connectivity index (χ2v) is 3.46. The van der Waals surface area contributed by atoms with Crippen LogP contribution in [0.3, 0.4) is 0 Å². The zero-order valence-electron chi connectivity index (χ0n) is 9.49. The lowest BCUT2D eigenvalue weighted by Gasteiger charge is -2.05. The Morgan fingerprint density at radius 1 is 1.18 bits per heavy atom. The molecule has 0 fully saturated rings. The Hall–Kier alpha value is -2.35. The van der Waals surface area contributed by atoms with E-state index in [1.807, 2.05) is 6.07 Å². The average molecular weight is 231 g/mol. The van der Waals surface area contributed by atoms with Gasteiger partial charge in [-0.1, -0.05) is 0 Å². The van der Waals surface area contributed by atoms with Crippen LogP contribution in [0.15, 0.2) is 24.3 Å². The fraction of sp³-hybridized carbons (Fsp3) is 0.250. The molecule has 0 aliphatic rings. The molecule has 0 unspecified atom stereocenters. The maximum atomic E-state index is 11.3. The first-order valence-electron chi connectivity index (χ1n) is 5.16. The predicted molar refractivity (Wildman–Crippen MR) is 64.2 cm³/mol. The Morgan fingerprint density at radius 3 is 2.18 bits per heavy atom. The van der Waals surface area contributed by atoms with Gasteiger partial charge in [-0.2, -0.15) is 5.26 Å². The number of anilines is 2. The van der Waals surface area contributed by atoms with Crippen molar-refractivity contribution in [1.82, 2.24) is 0 Å². The third kappa shape index (κ3) is 4.80. The molecule has 0 aliphatic heterocycles. The highest BCUT2D eigenvalue weighted by Crippen LogP contribution is 2.13. The van der Waals surface area contributed by atoms with Crippen molar-refractivity contribution in [2.24, 2.45) is 0 Å². The van der Waals surface area contributed by atoms with Gasteiger partial charge in [0.15, 0.2) is 0 Å². The highest BCUT2D eigenvalue weighted by molar-refractivity contribution is 5.92. The van der Waals surface area contributed by atoms with Gasteiger partial charge in [-0.05, 0) is 24.3 Å². The molecule has 0 radical (unpaired) electrons. The minimum atomic E-state index is -0.196. The van der Waals surface area contributed by atoms with E-state index in [-0.39, 0.29) is 24.7 Å². The van der Waals surface area contributed by atoms with Crippen molar-refractivity contribution in [3.05, 3.63) is 24.3 Å². The summed E-state index contributed by atoms with van der Waals surface area (Å²) in [4.78, 5) is 22.1. The maximum absolute atomic E-state index is 11.3. The van der Waals surface area contributed by atoms with E-state index in [1.54, 1.807) is 24.3 Å². The Morgan fingerprint density at radius 2 is 1.71 bits per heavy atom. The van der Waals surface area contributed by atoms with E-state index < -0.39 is 0 Å². The maximum Gasteiger partial charge on any atom is 0.225 e. The van der Waals surface area contributed by atoms with Crippen molar-refractivity contribution in [2.75, 3.05) is 10.6 Å². The fourth-order valence-electron chi connectivity index (χ4n) is 1.23. The van der Waals surface area contributed by atoms with E-state index in [4.69, 9.17) is 5.26 Å². The minimum absolute atomic E-state index is 0.143. The van der Waals surface area contributed by atoms with Gasteiger partial charge in [-0.25, -0.2) is 0 Å². The van der Waals surface area contributed by atoms with Crippen LogP contribution in [0, 0.1) is 11.3 Å². The van der Waals surface area contributed by atoms with Gasteiger partial charge < -0.3 is 10.6 Å². The summed E-state index contributed by atoms with van der Waals surface area (Å²) in [6.07, 6.45) is 0.389. The fourth-order valence-corrected chi connectivity index (χ4v) is 1.23. The summed E-state index contributed by atoms with van der Waals surface area (Å²) in [7, 11) is 0. The molecule has 0 bridgehead atoms. The van der Waals surface area contributed by atoms with Crippen LogP contribution in [0.5, 0.6) is 0 Å². The van der Waals surface area contributed by atoms with Gasteiger partial charge in [0.25, 0.3) is 0 Å². The number of carbonyl (C=O) groups is 2. The van der Waals surface area contributed by atoms with Gasteiger partial charge in [0.1, 0.15) is 0 Å². The Kier molecular flexibility index (Phi) is 4.70. The highest BCUT2D eigenvalue weighted by atomic mass is 16.2. The zero-order valence-corrected chi connectivity index (χ0v) is 9.49. The van der Waals surface area contributed by atoms with Gasteiger partial charge in [0, 0.05) is 31.1 Å². The van der Waals surface area contributed by atoms with Gasteiger partial charge in [-0.15, -0.1) is 0 Å². The summed E-state index contributed by atoms with van der Waals surface area (Å²) in [6.45, 7) is 1.43. The summed E-state index contributed by atoms with van der Waals surface area (Å²) in [5.74, 6) is -0.338. The third-order valence-electron chi connectivity index (χ3n) is 1.95. The van der Waals surface area contributed by atoms with Crippen molar-refractivity contribution in [3.63, 3.8) is 0 Å². The third-order valence-corrected chi connectivity index (χ3v) is 1.95. The van der Waals surface area contributed by atoms with E-state index in [2.05, 4.69) is 10.6 Å². The summed E-state index contributed by atoms with van der Waals surface area (Å²) < 4.78 is 0. The van der Waals surface area contributed by atoms with E-state index in [9.17, 15) is 9.59 Å². The molecule has 0 saturated heterocycles. The molecule has 5 nitrogen and oxygen atoms in total. The first-order valence-corrected chi connectivity index (χ1v) is 5.16. The normalized spacial score (nSPS) is 9.18. The average Bonchev–Trinajstić information content (AvgIpc) is 2.28. The number of benzene rings is 1. The van der Waals surface area contributed by atoms with Gasteiger partial charge >= 0.3 is 0 Å². The zero-order chi connectivity index (χ0) is 12.7. The Balaban J connectivity index is 2.53. The van der Waals surface area contributed by atoms with Crippen LogP contribution < -0.4 is 10.6 Å². The molecule has 5 heteroatoms. The van der Waals surface area contributed by atoms with Crippen LogP contribution in [-0.2, 0) is 9.59 Å². The molecule has 2 amide bonds. The molecule has 0 atom stereocenters. The van der Waals surface area contributed by atoms with E-state index in [0.717, 1.165) is 0 Å². The number of hydrogen-bond acceptors (Lipinski definition) is 3. The first-order chi connectivity index (χ1) is 8.11. The SMILES string of the molecule is CC(=O)Nc1ccc(NC(=O)CCC#N)cc1. The molecule has 2 N–H and O–H groups in total. The van der Waals surface area contributed by atoms with Crippen LogP contribution in [0.4, 0.5) is 11.4 Å². The van der Waals surface area contributed by atoms with Gasteiger partial charge in [-0.3, -0.25) is 9.59 Å². The quantitative estimate of drug-likeness (QED) is 0.830. The van der Waals surface area contributed by atoms with Crippen molar-refractivity contribution in [3.8, 4) is 6.07 Å². The Labute approximate surface area is 99.4 Å². The predicted octanol–water partition coefficient (Wildman–Crippen LogP) is 1.89. The molecule has 88 valence electrons. The molecule has 17 heavy (non-hydrogen) atoms. The van der Waals surface area contributed by atoms with E-state index >= 15 is 0 Å². The van der Waals surface area contributed by atoms with Gasteiger partial charge in [0.2, 0.25) is 11.8 Å². The molecule has 0 aliphatic carbocycles. The number of carbonyl (C=O) groups excluding carboxylic acids is 2. The molecular formula is C12H13N3O2. The molecule has 0 saturated carbocycles. The summed E-state index contributed by atoms with van der Waals surface area (Å²) in [5.41, 5.74) is 1.31. The lowest BCUT2D eigenvalue weighted by Crippen LogP contribution is -2.11. The van der Waals surface area contributed by atoms with E-state index in [1.165, 1.54) is 6.92 Å². The number of hydrogen-bond donors (Lipinski definition) is 2. The molecule has 0 aromatic heterocycles. The molecule has 1 aromatic carbocycles. The van der Waals surface area contributed by atoms with Crippen molar-refractivity contribution in [2.45, 2.75) is 19.8 Å². The van der Waals surface area contributed by atoms with Crippen LogP contribution >= 0.6 is 0 Å². The number of nitrogens with zero attached hydrogens (tertiary/aromatic N) is 1.